The maximum absolute atomic E-state index is 12.4. The highest BCUT2D eigenvalue weighted by Gasteiger charge is 2.19. The summed E-state index contributed by atoms with van der Waals surface area (Å²) in [5.41, 5.74) is 2.81. The molecule has 0 saturated carbocycles. The van der Waals surface area contributed by atoms with Crippen LogP contribution in [-0.2, 0) is 14.8 Å². The molecule has 8 nitrogen and oxygen atoms in total. The number of benzene rings is 2. The number of anilines is 3. The smallest absolute Gasteiger partial charge is 0.241 e. The van der Waals surface area contributed by atoms with Gasteiger partial charge in [-0.1, -0.05) is 18.2 Å². The predicted octanol–water partition coefficient (Wildman–Crippen LogP) is 2.36. The lowest BCUT2D eigenvalue weighted by atomic mass is 10.1. The average Bonchev–Trinajstić information content (AvgIpc) is 2.85. The monoisotopic (exact) mass is 485 g/mol. The van der Waals surface area contributed by atoms with Crippen LogP contribution in [0.3, 0.4) is 0 Å². The van der Waals surface area contributed by atoms with E-state index < -0.39 is 21.7 Å². The topological polar surface area (TPSA) is 85.0 Å². The molecule has 0 aromatic heterocycles. The highest BCUT2D eigenvalue weighted by molar-refractivity contribution is 7.93. The molecular formula is C25H35N5O3S. The summed E-state index contributed by atoms with van der Waals surface area (Å²) in [5, 5.41) is 2.75. The fraction of sp³-hybridized carbons (Fsp3) is 0.480. The van der Waals surface area contributed by atoms with Crippen molar-refractivity contribution in [3.63, 3.8) is 0 Å². The highest BCUT2D eigenvalue weighted by Crippen LogP contribution is 2.22. The third kappa shape index (κ3) is 7.11. The van der Waals surface area contributed by atoms with Gasteiger partial charge in [0, 0.05) is 69.4 Å². The number of amides is 1. The third-order valence-electron chi connectivity index (χ3n) is 6.43. The van der Waals surface area contributed by atoms with Gasteiger partial charge in [0.1, 0.15) is 5.75 Å². The number of para-hydroxylation sites is 1. The molecule has 0 atom stereocenters. The van der Waals surface area contributed by atoms with Gasteiger partial charge in [0.15, 0.2) is 0 Å². The molecular weight excluding hydrogens is 450 g/mol. The van der Waals surface area contributed by atoms with Crippen molar-refractivity contribution < 1.29 is 13.2 Å². The van der Waals surface area contributed by atoms with E-state index in [0.717, 1.165) is 45.0 Å². The minimum Gasteiger partial charge on any atom is -0.372 e. The molecule has 2 aliphatic heterocycles. The van der Waals surface area contributed by atoms with Crippen LogP contribution in [0.15, 0.2) is 54.6 Å². The van der Waals surface area contributed by atoms with Crippen LogP contribution in [0.1, 0.15) is 19.3 Å². The van der Waals surface area contributed by atoms with Crippen molar-refractivity contribution in [3.8, 4) is 0 Å². The van der Waals surface area contributed by atoms with E-state index >= 15 is 0 Å². The Morgan fingerprint density at radius 2 is 1.38 bits per heavy atom. The number of nitrogens with one attached hydrogen (secondary N) is 2. The van der Waals surface area contributed by atoms with Gasteiger partial charge in [-0.25, -0.2) is 8.42 Å². The SMILES string of the molecule is O=C(CS(=O)(=O)Nc1ccc(N2CCCCC2)cc1)NCCN1CCN(c2ccccc2)CC1. The van der Waals surface area contributed by atoms with Gasteiger partial charge in [-0.2, -0.15) is 0 Å². The van der Waals surface area contributed by atoms with Gasteiger partial charge in [0.05, 0.1) is 0 Å². The Morgan fingerprint density at radius 3 is 2.06 bits per heavy atom. The number of nitrogens with zero attached hydrogens (tertiary/aromatic N) is 3. The normalized spacial score (nSPS) is 17.4. The highest BCUT2D eigenvalue weighted by atomic mass is 32.2. The van der Waals surface area contributed by atoms with Crippen LogP contribution < -0.4 is 19.8 Å². The molecule has 2 saturated heterocycles. The van der Waals surface area contributed by atoms with Crippen molar-refractivity contribution >= 4 is 33.0 Å². The minimum absolute atomic E-state index is 0.435. The van der Waals surface area contributed by atoms with Crippen LogP contribution in [-0.4, -0.2) is 77.3 Å². The molecule has 9 heteroatoms. The molecule has 4 rings (SSSR count). The number of piperidine rings is 1. The van der Waals surface area contributed by atoms with Crippen LogP contribution in [0, 0.1) is 0 Å². The summed E-state index contributed by atoms with van der Waals surface area (Å²) >= 11 is 0. The summed E-state index contributed by atoms with van der Waals surface area (Å²) in [7, 11) is -3.76. The number of hydrogen-bond donors (Lipinski definition) is 2. The second kappa shape index (κ2) is 11.6. The predicted molar refractivity (Wildman–Crippen MR) is 138 cm³/mol. The van der Waals surface area contributed by atoms with Gasteiger partial charge in [-0.3, -0.25) is 14.4 Å². The van der Waals surface area contributed by atoms with E-state index in [1.165, 1.54) is 24.9 Å². The zero-order chi connectivity index (χ0) is 23.8. The molecule has 0 bridgehead atoms. The first-order valence-corrected chi connectivity index (χ1v) is 13.8. The Bertz CT molecular complexity index is 1020. The standard InChI is InChI=1S/C25H35N5O3S/c31-25(26-13-16-28-17-19-30(20-18-28)23-7-3-1-4-8-23)21-34(32,33)27-22-9-11-24(12-10-22)29-14-5-2-6-15-29/h1,3-4,7-12,27H,2,5-6,13-21H2,(H,26,31). The number of hydrogen-bond acceptors (Lipinski definition) is 6. The van der Waals surface area contributed by atoms with Gasteiger partial charge >= 0.3 is 0 Å². The lowest BCUT2D eigenvalue weighted by Gasteiger charge is -2.36. The van der Waals surface area contributed by atoms with Crippen molar-refractivity contribution in [2.45, 2.75) is 19.3 Å². The Hall–Kier alpha value is -2.78. The number of piperazine rings is 1. The Labute approximate surface area is 203 Å². The second-order valence-corrected chi connectivity index (χ2v) is 10.7. The maximum Gasteiger partial charge on any atom is 0.241 e. The van der Waals surface area contributed by atoms with Gasteiger partial charge in [-0.15, -0.1) is 0 Å². The zero-order valence-electron chi connectivity index (χ0n) is 19.7. The summed E-state index contributed by atoms with van der Waals surface area (Å²) in [6.45, 7) is 6.92. The Kier molecular flexibility index (Phi) is 8.29. The summed E-state index contributed by atoms with van der Waals surface area (Å²) in [4.78, 5) is 19.2. The van der Waals surface area contributed by atoms with E-state index in [2.05, 4.69) is 36.9 Å². The third-order valence-corrected chi connectivity index (χ3v) is 7.62. The first-order valence-electron chi connectivity index (χ1n) is 12.1. The van der Waals surface area contributed by atoms with E-state index in [-0.39, 0.29) is 0 Å². The summed E-state index contributed by atoms with van der Waals surface area (Å²) in [6.07, 6.45) is 3.64. The zero-order valence-corrected chi connectivity index (χ0v) is 20.5. The number of carbonyl (C=O) groups is 1. The van der Waals surface area contributed by atoms with Crippen molar-refractivity contribution in [2.75, 3.05) is 72.6 Å². The van der Waals surface area contributed by atoms with E-state index in [1.807, 2.05) is 30.3 Å². The first kappa shape index (κ1) is 24.3. The van der Waals surface area contributed by atoms with Crippen molar-refractivity contribution in [1.29, 1.82) is 0 Å². The molecule has 2 aromatic rings. The van der Waals surface area contributed by atoms with Gasteiger partial charge < -0.3 is 15.1 Å². The molecule has 2 aromatic carbocycles. The second-order valence-electron chi connectivity index (χ2n) is 8.97. The summed E-state index contributed by atoms with van der Waals surface area (Å²) in [5.74, 6) is -1.07. The molecule has 184 valence electrons. The molecule has 2 heterocycles. The lowest BCUT2D eigenvalue weighted by Crippen LogP contribution is -2.48. The van der Waals surface area contributed by atoms with Crippen LogP contribution >= 0.6 is 0 Å². The summed E-state index contributed by atoms with van der Waals surface area (Å²) < 4.78 is 27.4. The van der Waals surface area contributed by atoms with Crippen molar-refractivity contribution in [3.05, 3.63) is 54.6 Å². The fourth-order valence-electron chi connectivity index (χ4n) is 4.55. The van der Waals surface area contributed by atoms with Gasteiger partial charge in [0.25, 0.3) is 0 Å². The van der Waals surface area contributed by atoms with Gasteiger partial charge in [-0.05, 0) is 55.7 Å². The average molecular weight is 486 g/mol. The number of sulfonamides is 1. The molecule has 2 N–H and O–H groups in total. The van der Waals surface area contributed by atoms with Crippen LogP contribution in [0.25, 0.3) is 0 Å². The molecule has 0 radical (unpaired) electrons. The Morgan fingerprint density at radius 1 is 0.765 bits per heavy atom. The minimum atomic E-state index is -3.76. The van der Waals surface area contributed by atoms with Crippen LogP contribution in [0.4, 0.5) is 17.1 Å². The first-order chi connectivity index (χ1) is 16.5. The fourth-order valence-corrected chi connectivity index (χ4v) is 5.57. The van der Waals surface area contributed by atoms with Crippen molar-refractivity contribution in [1.82, 2.24) is 10.2 Å². The molecule has 0 unspecified atom stereocenters. The van der Waals surface area contributed by atoms with Crippen LogP contribution in [0.5, 0.6) is 0 Å². The molecule has 1 amide bonds. The largest absolute Gasteiger partial charge is 0.372 e. The van der Waals surface area contributed by atoms with Gasteiger partial charge in [0.2, 0.25) is 15.9 Å². The molecule has 2 fully saturated rings. The van der Waals surface area contributed by atoms with Crippen LogP contribution in [0.2, 0.25) is 0 Å². The van der Waals surface area contributed by atoms with E-state index in [4.69, 9.17) is 0 Å². The lowest BCUT2D eigenvalue weighted by molar-refractivity contribution is -0.118. The number of carbonyl (C=O) groups excluding carboxylic acids is 1. The number of rotatable bonds is 9. The molecule has 0 spiro atoms. The quantitative estimate of drug-likeness (QED) is 0.567. The molecule has 0 aliphatic carbocycles. The Balaban J connectivity index is 1.16. The van der Waals surface area contributed by atoms with E-state index in [9.17, 15) is 13.2 Å². The molecule has 2 aliphatic rings. The van der Waals surface area contributed by atoms with E-state index in [1.54, 1.807) is 12.1 Å². The summed E-state index contributed by atoms with van der Waals surface area (Å²) in [6, 6.07) is 17.7. The molecule has 34 heavy (non-hydrogen) atoms. The van der Waals surface area contributed by atoms with E-state index in [0.29, 0.717) is 18.8 Å². The maximum atomic E-state index is 12.4. The van der Waals surface area contributed by atoms with Crippen molar-refractivity contribution in [2.24, 2.45) is 0 Å².